The molecule has 0 amide bonds. The second kappa shape index (κ2) is 12.0. The molecule has 1 aromatic carbocycles. The Morgan fingerprint density at radius 3 is 2.37 bits per heavy atom. The quantitative estimate of drug-likeness (QED) is 0.159. The standard InChI is InChI=1S/C27H31F6N5O4S/c1-37-7-4-26(42,5-8-37)25(22-15(27(31,32)33)3-2-6-34-22)43-13-19(40)23(24(41)20(43)12-39)38-11-18(35-36-38)14-9-16(28)21(30)17(29)10-14/h2-3,6,9-11,19-20,23-25,39-43H,4-5,7-8,12-13H2,1H3/t19-,20+,23-,24-,25?/m0/s1. The van der Waals surface area contributed by atoms with Gasteiger partial charge in [-0.1, -0.05) is 5.21 Å². The van der Waals surface area contributed by atoms with E-state index in [0.717, 1.165) is 16.8 Å². The molecule has 0 spiro atoms. The summed E-state index contributed by atoms with van der Waals surface area (Å²) < 4.78 is 84.7. The highest BCUT2D eigenvalue weighted by Gasteiger charge is 2.53. The van der Waals surface area contributed by atoms with Crippen LogP contribution in [0.4, 0.5) is 26.3 Å². The summed E-state index contributed by atoms with van der Waals surface area (Å²) in [5.74, 6) is -4.79. The summed E-state index contributed by atoms with van der Waals surface area (Å²) in [4.78, 5) is 6.00. The first-order valence-electron chi connectivity index (χ1n) is 13.5. The maximum Gasteiger partial charge on any atom is 0.418 e. The molecule has 0 bridgehead atoms. The Kier molecular flexibility index (Phi) is 8.81. The van der Waals surface area contributed by atoms with E-state index >= 15 is 0 Å². The van der Waals surface area contributed by atoms with Crippen molar-refractivity contribution in [3.63, 3.8) is 0 Å². The number of piperidine rings is 1. The molecule has 43 heavy (non-hydrogen) atoms. The Bertz CT molecular complexity index is 1430. The number of benzene rings is 1. The van der Waals surface area contributed by atoms with Gasteiger partial charge in [0.1, 0.15) is 11.7 Å². The number of pyridine rings is 1. The number of aromatic nitrogens is 4. The lowest BCUT2D eigenvalue weighted by molar-refractivity contribution is -0.139. The third-order valence-electron chi connectivity index (χ3n) is 8.34. The summed E-state index contributed by atoms with van der Waals surface area (Å²) in [6.07, 6.45) is -5.25. The third-order valence-corrected chi connectivity index (χ3v) is 11.8. The minimum atomic E-state index is -4.81. The number of rotatable bonds is 6. The van der Waals surface area contributed by atoms with Crippen molar-refractivity contribution in [3.05, 3.63) is 65.4 Å². The van der Waals surface area contributed by atoms with E-state index in [9.17, 15) is 46.8 Å². The molecule has 0 radical (unpaired) electrons. The minimum Gasteiger partial charge on any atom is -0.395 e. The summed E-state index contributed by atoms with van der Waals surface area (Å²) >= 11 is 0. The average molecular weight is 636 g/mol. The van der Waals surface area contributed by atoms with Gasteiger partial charge in [0.05, 0.1) is 47.1 Å². The largest absolute Gasteiger partial charge is 0.418 e. The highest BCUT2D eigenvalue weighted by molar-refractivity contribution is 8.18. The summed E-state index contributed by atoms with van der Waals surface area (Å²) in [6.45, 7) is 0.0784. The van der Waals surface area contributed by atoms with E-state index in [1.165, 1.54) is 12.4 Å². The van der Waals surface area contributed by atoms with Crippen LogP contribution < -0.4 is 0 Å². The van der Waals surface area contributed by atoms with E-state index < -0.39 is 86.7 Å². The number of aliphatic hydroxyl groups excluding tert-OH is 3. The SMILES string of the molecule is CN1CCC(O)(C(c2ncccc2C(F)(F)F)[SH]2C[C@H](O)[C@H](n3cc(-c4cc(F)c(F)c(F)c4)nn3)[C@@H](O)[C@H]2CO)CC1. The molecule has 2 unspecified atom stereocenters. The highest BCUT2D eigenvalue weighted by Crippen LogP contribution is 2.60. The van der Waals surface area contributed by atoms with Crippen LogP contribution in [0.15, 0.2) is 36.7 Å². The summed E-state index contributed by atoms with van der Waals surface area (Å²) in [7, 11) is -0.135. The van der Waals surface area contributed by atoms with Gasteiger partial charge < -0.3 is 25.3 Å². The molecule has 2 aromatic heterocycles. The molecule has 2 aliphatic heterocycles. The van der Waals surface area contributed by atoms with Crippen molar-refractivity contribution in [3.8, 4) is 11.3 Å². The van der Waals surface area contributed by atoms with Gasteiger partial charge in [0.25, 0.3) is 0 Å². The second-order valence-electron chi connectivity index (χ2n) is 11.1. The number of hydrogen-bond acceptors (Lipinski definition) is 8. The molecule has 3 aromatic rings. The molecule has 0 saturated carbocycles. The molecule has 16 heteroatoms. The first-order valence-corrected chi connectivity index (χ1v) is 15.1. The van der Waals surface area contributed by atoms with Crippen molar-refractivity contribution in [2.75, 3.05) is 32.5 Å². The van der Waals surface area contributed by atoms with Crippen molar-refractivity contribution >= 4 is 10.9 Å². The number of nitrogens with zero attached hydrogens (tertiary/aromatic N) is 5. The zero-order valence-electron chi connectivity index (χ0n) is 22.8. The molecular weight excluding hydrogens is 604 g/mol. The number of alkyl halides is 3. The molecule has 2 saturated heterocycles. The maximum absolute atomic E-state index is 14.2. The Morgan fingerprint density at radius 2 is 1.77 bits per heavy atom. The van der Waals surface area contributed by atoms with E-state index in [4.69, 9.17) is 0 Å². The molecule has 236 valence electrons. The number of halogens is 6. The van der Waals surface area contributed by atoms with Crippen LogP contribution >= 0.6 is 10.9 Å². The van der Waals surface area contributed by atoms with Gasteiger partial charge in [0.2, 0.25) is 0 Å². The monoisotopic (exact) mass is 635 g/mol. The van der Waals surface area contributed by atoms with Gasteiger partial charge in [-0.15, -0.1) is 5.10 Å². The van der Waals surface area contributed by atoms with E-state index in [1.807, 2.05) is 11.9 Å². The van der Waals surface area contributed by atoms with Gasteiger partial charge in [-0.25, -0.2) is 28.7 Å². The highest BCUT2D eigenvalue weighted by atomic mass is 32.2. The lowest BCUT2D eigenvalue weighted by Crippen LogP contribution is -2.54. The molecule has 4 heterocycles. The fraction of sp³-hybridized carbons (Fsp3) is 0.519. The van der Waals surface area contributed by atoms with Gasteiger partial charge in [-0.2, -0.15) is 13.2 Å². The maximum atomic E-state index is 14.2. The molecule has 5 rings (SSSR count). The van der Waals surface area contributed by atoms with Gasteiger partial charge in [0, 0.05) is 35.9 Å². The van der Waals surface area contributed by atoms with Crippen LogP contribution in [0, 0.1) is 17.5 Å². The van der Waals surface area contributed by atoms with Crippen LogP contribution in [0.3, 0.4) is 0 Å². The lowest BCUT2D eigenvalue weighted by Gasteiger charge is -2.53. The van der Waals surface area contributed by atoms with Gasteiger partial charge in [-0.3, -0.25) is 4.98 Å². The second-order valence-corrected chi connectivity index (χ2v) is 13.6. The molecule has 6 atom stereocenters. The molecule has 4 N–H and O–H groups in total. The first kappa shape index (κ1) is 31.7. The molecular formula is C27H31F6N5O4S. The van der Waals surface area contributed by atoms with E-state index in [0.29, 0.717) is 25.2 Å². The zero-order chi connectivity index (χ0) is 31.3. The van der Waals surface area contributed by atoms with Crippen molar-refractivity contribution < 1.29 is 46.8 Å². The predicted octanol–water partition coefficient (Wildman–Crippen LogP) is 2.61. The van der Waals surface area contributed by atoms with Crippen molar-refractivity contribution in [1.82, 2.24) is 24.9 Å². The Balaban J connectivity index is 1.53. The molecule has 9 nitrogen and oxygen atoms in total. The minimum absolute atomic E-state index is 0.103. The van der Waals surface area contributed by atoms with Gasteiger partial charge in [-0.05, 0) is 44.2 Å². The van der Waals surface area contributed by atoms with Crippen LogP contribution in [0.1, 0.15) is 35.4 Å². The van der Waals surface area contributed by atoms with Crippen molar-refractivity contribution in [2.24, 2.45) is 0 Å². The Morgan fingerprint density at radius 1 is 1.12 bits per heavy atom. The fourth-order valence-corrected chi connectivity index (χ4v) is 9.77. The average Bonchev–Trinajstić information content (AvgIpc) is 3.43. The normalized spacial score (nSPS) is 28.1. The van der Waals surface area contributed by atoms with Crippen LogP contribution in [-0.2, 0) is 6.18 Å². The lowest BCUT2D eigenvalue weighted by atomic mass is 9.85. The van der Waals surface area contributed by atoms with Gasteiger partial charge >= 0.3 is 6.18 Å². The van der Waals surface area contributed by atoms with Gasteiger partial charge in [0.15, 0.2) is 17.5 Å². The van der Waals surface area contributed by atoms with E-state index in [2.05, 4.69) is 15.3 Å². The fourth-order valence-electron chi connectivity index (χ4n) is 6.09. The van der Waals surface area contributed by atoms with Crippen LogP contribution in [-0.4, -0.2) is 101 Å². The van der Waals surface area contributed by atoms with Crippen molar-refractivity contribution in [2.45, 2.75) is 53.4 Å². The summed E-state index contributed by atoms with van der Waals surface area (Å²) in [6, 6.07) is 2.16. The molecule has 2 fully saturated rings. The first-order chi connectivity index (χ1) is 20.2. The van der Waals surface area contributed by atoms with E-state index in [-0.39, 0.29) is 29.9 Å². The number of likely N-dealkylation sites (tertiary alicyclic amines) is 1. The summed E-state index contributed by atoms with van der Waals surface area (Å²) in [5.41, 5.74) is -3.40. The topological polar surface area (TPSA) is 128 Å². The number of thiol groups is 1. The Labute approximate surface area is 245 Å². The van der Waals surface area contributed by atoms with Crippen LogP contribution in [0.25, 0.3) is 11.3 Å². The summed E-state index contributed by atoms with van der Waals surface area (Å²) in [5, 5.41) is 50.6. The van der Waals surface area contributed by atoms with E-state index in [1.54, 1.807) is 0 Å². The van der Waals surface area contributed by atoms with Crippen molar-refractivity contribution in [1.29, 1.82) is 0 Å². The van der Waals surface area contributed by atoms with Crippen LogP contribution in [0.5, 0.6) is 0 Å². The third kappa shape index (κ3) is 6.00. The predicted molar refractivity (Wildman–Crippen MR) is 145 cm³/mol. The number of aliphatic hydroxyl groups is 4. The molecule has 2 aliphatic rings. The number of hydrogen-bond donors (Lipinski definition) is 5. The van der Waals surface area contributed by atoms with Crippen LogP contribution in [0.2, 0.25) is 0 Å². The molecule has 0 aliphatic carbocycles. The zero-order valence-corrected chi connectivity index (χ0v) is 23.7. The Hall–Kier alpha value is -2.76. The smallest absolute Gasteiger partial charge is 0.395 e.